The fraction of sp³-hybridized carbons (Fsp3) is 0.400. The van der Waals surface area contributed by atoms with Crippen LogP contribution in [-0.4, -0.2) is 29.6 Å². The number of carbonyl (C=O) groups is 1. The fourth-order valence-corrected chi connectivity index (χ4v) is 6.16. The topological polar surface area (TPSA) is 63.2 Å². The number of carbonyl (C=O) groups excluding carboxylic acids is 1. The summed E-state index contributed by atoms with van der Waals surface area (Å²) in [5.74, 6) is -0.945. The number of nitrogens with one attached hydrogen (secondary N) is 2. The van der Waals surface area contributed by atoms with Crippen molar-refractivity contribution in [3.05, 3.63) is 94.0 Å². The Morgan fingerprint density at radius 1 is 1.10 bits per heavy atom. The van der Waals surface area contributed by atoms with E-state index in [0.717, 1.165) is 43.4 Å². The van der Waals surface area contributed by atoms with Gasteiger partial charge in [0.15, 0.2) is 0 Å². The molecule has 2 amide bonds. The molecule has 41 heavy (non-hydrogen) atoms. The van der Waals surface area contributed by atoms with Gasteiger partial charge in [0.25, 0.3) is 0 Å². The molecule has 0 spiro atoms. The van der Waals surface area contributed by atoms with Crippen molar-refractivity contribution in [1.82, 2.24) is 15.6 Å². The first-order chi connectivity index (χ1) is 19.4. The van der Waals surface area contributed by atoms with Gasteiger partial charge in [0.05, 0.1) is 10.7 Å². The standard InChI is InChI=1S/C30H29ClF5N3O2/c1-17-2-4-18(5-3-17)15-29(26-9-8-22(31)16-37-26,39-28(40)38-25-11-19-6-7-20(25)10-19)21-12-23(32)14-24(13-21)41-30(35,36)27(33)34/h2-5,8-9,12-14,16,19-20,25,27H,6-7,10-11,15H2,1H3,(H2,38,39,40)/t19?,20?,25?,29-/m0/s1. The van der Waals surface area contributed by atoms with Crippen molar-refractivity contribution in [2.75, 3.05) is 0 Å². The summed E-state index contributed by atoms with van der Waals surface area (Å²) >= 11 is 6.10. The van der Waals surface area contributed by atoms with Crippen LogP contribution in [0.25, 0.3) is 0 Å². The van der Waals surface area contributed by atoms with Crippen molar-refractivity contribution in [3.8, 4) is 5.75 Å². The van der Waals surface area contributed by atoms with Gasteiger partial charge in [-0.2, -0.15) is 17.6 Å². The average molecular weight is 594 g/mol. The molecule has 5 nitrogen and oxygen atoms in total. The van der Waals surface area contributed by atoms with Crippen molar-refractivity contribution >= 4 is 17.6 Å². The molecule has 1 aromatic heterocycles. The summed E-state index contributed by atoms with van der Waals surface area (Å²) in [4.78, 5) is 18.0. The highest BCUT2D eigenvalue weighted by molar-refractivity contribution is 6.30. The predicted molar refractivity (Wildman–Crippen MR) is 144 cm³/mol. The van der Waals surface area contributed by atoms with E-state index in [1.54, 1.807) is 0 Å². The highest BCUT2D eigenvalue weighted by Crippen LogP contribution is 2.44. The summed E-state index contributed by atoms with van der Waals surface area (Å²) in [6, 6.07) is 12.4. The van der Waals surface area contributed by atoms with Crippen LogP contribution in [0.3, 0.4) is 0 Å². The van der Waals surface area contributed by atoms with Crippen LogP contribution in [0.15, 0.2) is 60.8 Å². The van der Waals surface area contributed by atoms with Gasteiger partial charge in [-0.1, -0.05) is 47.9 Å². The number of urea groups is 1. The minimum atomic E-state index is -4.87. The van der Waals surface area contributed by atoms with E-state index in [-0.39, 0.29) is 23.7 Å². The number of hydrogen-bond donors (Lipinski definition) is 2. The molecule has 0 saturated heterocycles. The Morgan fingerprint density at radius 2 is 1.85 bits per heavy atom. The van der Waals surface area contributed by atoms with Crippen molar-refractivity contribution in [2.45, 2.75) is 63.1 Å². The number of halogens is 6. The Labute approximate surface area is 239 Å². The van der Waals surface area contributed by atoms with Crippen LogP contribution in [0.1, 0.15) is 48.1 Å². The second-order valence-electron chi connectivity index (χ2n) is 10.9. The molecule has 3 unspecified atom stereocenters. The molecule has 2 aromatic carbocycles. The molecule has 2 fully saturated rings. The van der Waals surface area contributed by atoms with Gasteiger partial charge < -0.3 is 15.4 Å². The number of aryl methyl sites for hydroxylation is 1. The lowest BCUT2D eigenvalue weighted by Gasteiger charge is -2.36. The van der Waals surface area contributed by atoms with Gasteiger partial charge in [0, 0.05) is 24.7 Å². The molecule has 218 valence electrons. The maximum Gasteiger partial charge on any atom is 0.461 e. The Hall–Kier alpha value is -3.40. The number of fused-ring (bicyclic) bond motifs is 2. The van der Waals surface area contributed by atoms with Crippen molar-refractivity contribution in [2.24, 2.45) is 11.8 Å². The lowest BCUT2D eigenvalue weighted by Crippen LogP contribution is -2.55. The number of alkyl halides is 4. The van der Waals surface area contributed by atoms with Crippen LogP contribution in [0.4, 0.5) is 26.7 Å². The van der Waals surface area contributed by atoms with Crippen LogP contribution < -0.4 is 15.4 Å². The number of pyridine rings is 1. The molecular formula is C30H29ClF5N3O2. The maximum atomic E-state index is 15.0. The third kappa shape index (κ3) is 6.42. The van der Waals surface area contributed by atoms with Crippen LogP contribution in [0.2, 0.25) is 5.02 Å². The number of nitrogens with zero attached hydrogens (tertiary/aromatic N) is 1. The molecule has 2 aliphatic rings. The van der Waals surface area contributed by atoms with Gasteiger partial charge in [0.1, 0.15) is 17.1 Å². The number of ether oxygens (including phenoxy) is 1. The first-order valence-electron chi connectivity index (χ1n) is 13.4. The molecule has 2 aliphatic carbocycles. The second kappa shape index (κ2) is 11.5. The molecule has 0 aliphatic heterocycles. The predicted octanol–water partition coefficient (Wildman–Crippen LogP) is 7.39. The normalized spacial score (nSPS) is 21.5. The summed E-state index contributed by atoms with van der Waals surface area (Å²) < 4.78 is 72.8. The quantitative estimate of drug-likeness (QED) is 0.254. The Balaban J connectivity index is 1.61. The Kier molecular flexibility index (Phi) is 8.14. The molecule has 2 N–H and O–H groups in total. The first-order valence-corrected chi connectivity index (χ1v) is 13.7. The second-order valence-corrected chi connectivity index (χ2v) is 11.4. The lowest BCUT2D eigenvalue weighted by atomic mass is 9.80. The Bertz CT molecular complexity index is 1390. The van der Waals surface area contributed by atoms with Gasteiger partial charge >= 0.3 is 18.6 Å². The molecule has 1 heterocycles. The van der Waals surface area contributed by atoms with E-state index in [9.17, 15) is 26.7 Å². The zero-order chi connectivity index (χ0) is 29.4. The summed E-state index contributed by atoms with van der Waals surface area (Å²) in [6.45, 7) is 1.90. The van der Waals surface area contributed by atoms with Crippen molar-refractivity contribution in [1.29, 1.82) is 0 Å². The SMILES string of the molecule is Cc1ccc(C[C@](NC(=O)NC2CC3CCC2C3)(c2cc(F)cc(OC(F)(F)C(F)F)c2)c2ccc(Cl)cn2)cc1. The molecule has 0 radical (unpaired) electrons. The van der Waals surface area contributed by atoms with Crippen LogP contribution >= 0.6 is 11.6 Å². The number of amides is 2. The van der Waals surface area contributed by atoms with Gasteiger partial charge in [-0.3, -0.25) is 4.98 Å². The van der Waals surface area contributed by atoms with Gasteiger partial charge in [0.2, 0.25) is 0 Å². The van der Waals surface area contributed by atoms with E-state index in [1.807, 2.05) is 31.2 Å². The summed E-state index contributed by atoms with van der Waals surface area (Å²) in [6.07, 6.45) is -3.61. The van der Waals surface area contributed by atoms with E-state index < -0.39 is 35.7 Å². The summed E-state index contributed by atoms with van der Waals surface area (Å²) in [5.41, 5.74) is 0.236. The van der Waals surface area contributed by atoms with E-state index in [1.165, 1.54) is 18.3 Å². The lowest BCUT2D eigenvalue weighted by molar-refractivity contribution is -0.253. The molecule has 3 aromatic rings. The van der Waals surface area contributed by atoms with E-state index in [4.69, 9.17) is 11.6 Å². The molecule has 2 saturated carbocycles. The number of hydrogen-bond acceptors (Lipinski definition) is 3. The highest BCUT2D eigenvalue weighted by atomic mass is 35.5. The molecule has 5 rings (SSSR count). The van der Waals surface area contributed by atoms with Crippen molar-refractivity contribution in [3.63, 3.8) is 0 Å². The number of benzene rings is 2. The van der Waals surface area contributed by atoms with Gasteiger partial charge in [-0.15, -0.1) is 0 Å². The highest BCUT2D eigenvalue weighted by Gasteiger charge is 2.46. The average Bonchev–Trinajstić information content (AvgIpc) is 3.53. The fourth-order valence-electron chi connectivity index (χ4n) is 6.05. The molecule has 4 atom stereocenters. The zero-order valence-electron chi connectivity index (χ0n) is 22.1. The van der Waals surface area contributed by atoms with Crippen LogP contribution in [-0.2, 0) is 12.0 Å². The Morgan fingerprint density at radius 3 is 2.46 bits per heavy atom. The summed E-state index contributed by atoms with van der Waals surface area (Å²) in [7, 11) is 0. The molecule has 11 heteroatoms. The minimum Gasteiger partial charge on any atom is -0.428 e. The molecule has 2 bridgehead atoms. The third-order valence-electron chi connectivity index (χ3n) is 8.01. The monoisotopic (exact) mass is 593 g/mol. The van der Waals surface area contributed by atoms with E-state index in [0.29, 0.717) is 28.5 Å². The maximum absolute atomic E-state index is 15.0. The van der Waals surface area contributed by atoms with Crippen molar-refractivity contribution < 1.29 is 31.5 Å². The van der Waals surface area contributed by atoms with E-state index >= 15 is 0 Å². The smallest absolute Gasteiger partial charge is 0.428 e. The molecular weight excluding hydrogens is 565 g/mol. The first kappa shape index (κ1) is 29.1. The van der Waals surface area contributed by atoms with Crippen LogP contribution in [0, 0.1) is 24.6 Å². The third-order valence-corrected chi connectivity index (χ3v) is 8.23. The number of aromatic nitrogens is 1. The minimum absolute atomic E-state index is 0.0141. The summed E-state index contributed by atoms with van der Waals surface area (Å²) in [5, 5.41) is 6.30. The largest absolute Gasteiger partial charge is 0.461 e. The van der Waals surface area contributed by atoms with Gasteiger partial charge in [-0.25, -0.2) is 9.18 Å². The zero-order valence-corrected chi connectivity index (χ0v) is 22.9. The van der Waals surface area contributed by atoms with Gasteiger partial charge in [-0.05, 0) is 73.4 Å². The van der Waals surface area contributed by atoms with Crippen LogP contribution in [0.5, 0.6) is 5.75 Å². The van der Waals surface area contributed by atoms with E-state index in [2.05, 4.69) is 20.4 Å². The number of rotatable bonds is 9.